The lowest BCUT2D eigenvalue weighted by Crippen LogP contribution is -3.14. The summed E-state index contributed by atoms with van der Waals surface area (Å²) in [6.45, 7) is 11.8. The van der Waals surface area contributed by atoms with Crippen molar-refractivity contribution in [1.82, 2.24) is 4.98 Å². The zero-order chi connectivity index (χ0) is 15.5. The largest absolute Gasteiger partial charge is 0.353 e. The van der Waals surface area contributed by atoms with Crippen molar-refractivity contribution < 1.29 is 10.2 Å². The molecule has 1 heterocycles. The molecule has 4 N–H and O–H groups in total. The van der Waals surface area contributed by atoms with Gasteiger partial charge in [0.2, 0.25) is 0 Å². The van der Waals surface area contributed by atoms with E-state index in [9.17, 15) is 0 Å². The fraction of sp³-hybridized carbons (Fsp3) is 0.579. The summed E-state index contributed by atoms with van der Waals surface area (Å²) in [5.41, 5.74) is 5.78. The number of hydrogen-bond donors (Lipinski definition) is 3. The van der Waals surface area contributed by atoms with Gasteiger partial charge in [-0.2, -0.15) is 0 Å². The molecule has 3 rings (SSSR count). The van der Waals surface area contributed by atoms with Crippen molar-refractivity contribution in [1.29, 1.82) is 0 Å². The van der Waals surface area contributed by atoms with E-state index in [4.69, 9.17) is 0 Å². The first kappa shape index (κ1) is 15.6. The molecule has 0 fully saturated rings. The number of hydrogen-bond acceptors (Lipinski definition) is 0. The van der Waals surface area contributed by atoms with Crippen molar-refractivity contribution in [3.8, 4) is 0 Å². The average Bonchev–Trinajstić information content (AvgIpc) is 2.90. The topological polar surface area (TPSA) is 36.8 Å². The van der Waals surface area contributed by atoms with Crippen molar-refractivity contribution in [2.75, 3.05) is 26.2 Å². The Bertz CT molecular complexity index is 625. The number of aromatic nitrogens is 1. The summed E-state index contributed by atoms with van der Waals surface area (Å²) in [6.07, 6.45) is 3.88. The van der Waals surface area contributed by atoms with Crippen molar-refractivity contribution in [2.24, 2.45) is 0 Å². The Hall–Kier alpha value is -1.32. The van der Waals surface area contributed by atoms with Crippen LogP contribution in [0.3, 0.4) is 0 Å². The Morgan fingerprint density at radius 2 is 2.09 bits per heavy atom. The Morgan fingerprint density at radius 3 is 2.86 bits per heavy atom. The van der Waals surface area contributed by atoms with E-state index in [1.165, 1.54) is 67.6 Å². The number of fused-ring (bicyclic) bond motifs is 3. The highest BCUT2D eigenvalue weighted by atomic mass is 15.1. The third kappa shape index (κ3) is 3.06. The van der Waals surface area contributed by atoms with Crippen LogP contribution in [-0.4, -0.2) is 31.2 Å². The van der Waals surface area contributed by atoms with E-state index >= 15 is 0 Å². The van der Waals surface area contributed by atoms with Gasteiger partial charge in [0.15, 0.2) is 0 Å². The van der Waals surface area contributed by atoms with Gasteiger partial charge < -0.3 is 15.2 Å². The maximum Gasteiger partial charge on any atom is 0.127 e. The van der Waals surface area contributed by atoms with Crippen molar-refractivity contribution in [3.05, 3.63) is 35.0 Å². The van der Waals surface area contributed by atoms with Crippen LogP contribution >= 0.6 is 0 Å². The van der Waals surface area contributed by atoms with Gasteiger partial charge in [-0.3, -0.25) is 0 Å². The van der Waals surface area contributed by atoms with Gasteiger partial charge in [0.1, 0.15) is 19.1 Å². The van der Waals surface area contributed by atoms with Crippen LogP contribution in [0.15, 0.2) is 18.2 Å². The van der Waals surface area contributed by atoms with Gasteiger partial charge in [-0.15, -0.1) is 0 Å². The zero-order valence-electron chi connectivity index (χ0n) is 14.3. The van der Waals surface area contributed by atoms with Crippen LogP contribution in [0.4, 0.5) is 0 Å². The summed E-state index contributed by atoms with van der Waals surface area (Å²) in [7, 11) is 0. The van der Waals surface area contributed by atoms with Gasteiger partial charge in [-0.1, -0.05) is 11.6 Å². The number of nitrogens with one attached hydrogen (secondary N) is 2. The van der Waals surface area contributed by atoms with Gasteiger partial charge in [-0.25, -0.2) is 0 Å². The summed E-state index contributed by atoms with van der Waals surface area (Å²) >= 11 is 0. The van der Waals surface area contributed by atoms with Crippen molar-refractivity contribution in [3.63, 3.8) is 0 Å². The lowest BCUT2D eigenvalue weighted by atomic mass is 9.91. The molecule has 22 heavy (non-hydrogen) atoms. The minimum absolute atomic E-state index is 0.631. The molecule has 0 bridgehead atoms. The molecule has 0 radical (unpaired) electrons. The Morgan fingerprint density at radius 1 is 1.27 bits per heavy atom. The SMILES string of the molecule is CC[NH+](CC)CC[NH2+][C@@H]1CCCc2c1[nH]c1ccc(C)cc21. The van der Waals surface area contributed by atoms with E-state index in [0.717, 1.165) is 0 Å². The summed E-state index contributed by atoms with van der Waals surface area (Å²) in [5.74, 6) is 0. The quantitative estimate of drug-likeness (QED) is 0.720. The summed E-state index contributed by atoms with van der Waals surface area (Å²) in [4.78, 5) is 5.43. The van der Waals surface area contributed by atoms with E-state index < -0.39 is 0 Å². The molecule has 120 valence electrons. The number of nitrogens with two attached hydrogens (primary N) is 1. The van der Waals surface area contributed by atoms with Crippen LogP contribution in [0.1, 0.15) is 49.6 Å². The third-order valence-electron chi connectivity index (χ3n) is 5.36. The number of aromatic amines is 1. The molecule has 1 aromatic carbocycles. The molecule has 0 saturated carbocycles. The molecule has 0 amide bonds. The summed E-state index contributed by atoms with van der Waals surface area (Å²) < 4.78 is 0. The van der Waals surface area contributed by atoms with Gasteiger partial charge in [0.25, 0.3) is 0 Å². The van der Waals surface area contributed by atoms with E-state index in [1.807, 2.05) is 0 Å². The Labute approximate surface area is 134 Å². The molecule has 2 aromatic rings. The highest BCUT2D eigenvalue weighted by molar-refractivity contribution is 5.85. The first-order chi connectivity index (χ1) is 10.7. The molecule has 3 nitrogen and oxygen atoms in total. The van der Waals surface area contributed by atoms with Gasteiger partial charge >= 0.3 is 0 Å². The molecule has 0 aliphatic heterocycles. The predicted molar refractivity (Wildman–Crippen MR) is 92.4 cm³/mol. The van der Waals surface area contributed by atoms with E-state index in [-0.39, 0.29) is 0 Å². The first-order valence-corrected chi connectivity index (χ1v) is 9.00. The second kappa shape index (κ2) is 6.84. The lowest BCUT2D eigenvalue weighted by molar-refractivity contribution is -0.911. The zero-order valence-corrected chi connectivity index (χ0v) is 14.3. The third-order valence-corrected chi connectivity index (χ3v) is 5.36. The maximum absolute atomic E-state index is 3.72. The number of H-pyrrole nitrogens is 1. The van der Waals surface area contributed by atoms with Crippen molar-refractivity contribution >= 4 is 10.9 Å². The normalized spacial score (nSPS) is 18.1. The van der Waals surface area contributed by atoms with E-state index in [2.05, 4.69) is 49.3 Å². The van der Waals surface area contributed by atoms with Crippen LogP contribution in [0, 0.1) is 6.92 Å². The van der Waals surface area contributed by atoms with Crippen LogP contribution in [0.5, 0.6) is 0 Å². The molecular weight excluding hydrogens is 270 g/mol. The summed E-state index contributed by atoms with van der Waals surface area (Å²) in [5, 5.41) is 4.04. The minimum Gasteiger partial charge on any atom is -0.353 e. The standard InChI is InChI=1S/C19H29N3/c1-4-22(5-2)12-11-20-18-8-6-7-15-16-13-14(3)9-10-17(16)21-19(15)18/h9-10,13,18,20-21H,4-8,11-12H2,1-3H3/p+2/t18-/m1/s1. The van der Waals surface area contributed by atoms with Crippen LogP contribution < -0.4 is 10.2 Å². The molecule has 1 aliphatic carbocycles. The fourth-order valence-corrected chi connectivity index (χ4v) is 3.94. The molecule has 1 aromatic heterocycles. The highest BCUT2D eigenvalue weighted by Crippen LogP contribution is 2.33. The number of likely N-dealkylation sites (N-methyl/N-ethyl adjacent to an activating group) is 1. The molecule has 3 heteroatoms. The summed E-state index contributed by atoms with van der Waals surface area (Å²) in [6, 6.07) is 7.45. The van der Waals surface area contributed by atoms with E-state index in [1.54, 1.807) is 10.5 Å². The Kier molecular flexibility index (Phi) is 4.84. The molecule has 0 saturated heterocycles. The minimum atomic E-state index is 0.631. The average molecular weight is 301 g/mol. The molecule has 0 unspecified atom stereocenters. The Balaban J connectivity index is 1.75. The predicted octanol–water partition coefficient (Wildman–Crippen LogP) is 1.34. The number of quaternary nitrogens is 2. The second-order valence-electron chi connectivity index (χ2n) is 6.80. The number of rotatable bonds is 6. The smallest absolute Gasteiger partial charge is 0.127 e. The molecule has 1 aliphatic rings. The molecular formula is C19H31N3+2. The van der Waals surface area contributed by atoms with Gasteiger partial charge in [0.05, 0.1) is 18.8 Å². The van der Waals surface area contributed by atoms with Gasteiger partial charge in [-0.05, 0) is 51.3 Å². The van der Waals surface area contributed by atoms with Crippen LogP contribution in [-0.2, 0) is 6.42 Å². The second-order valence-corrected chi connectivity index (χ2v) is 6.80. The molecule has 1 atom stereocenters. The van der Waals surface area contributed by atoms with Crippen LogP contribution in [0.25, 0.3) is 10.9 Å². The lowest BCUT2D eigenvalue weighted by Gasteiger charge is -2.22. The van der Waals surface area contributed by atoms with E-state index in [0.29, 0.717) is 6.04 Å². The number of benzene rings is 1. The number of aryl methyl sites for hydroxylation is 2. The van der Waals surface area contributed by atoms with Gasteiger partial charge in [0, 0.05) is 17.3 Å². The molecule has 0 spiro atoms. The monoisotopic (exact) mass is 301 g/mol. The first-order valence-electron chi connectivity index (χ1n) is 9.00. The van der Waals surface area contributed by atoms with Crippen LogP contribution in [0.2, 0.25) is 0 Å². The fourth-order valence-electron chi connectivity index (χ4n) is 3.94. The van der Waals surface area contributed by atoms with Crippen molar-refractivity contribution in [2.45, 2.75) is 46.1 Å². The highest BCUT2D eigenvalue weighted by Gasteiger charge is 2.26. The maximum atomic E-state index is 3.72.